The Morgan fingerprint density at radius 2 is 1.76 bits per heavy atom. The van der Waals surface area contributed by atoms with Gasteiger partial charge in [-0.3, -0.25) is 4.79 Å². The first-order valence-electron chi connectivity index (χ1n) is 13.7. The number of ether oxygens (including phenoxy) is 2. The number of rotatable bonds is 11. The molecular formula is C30H29Cl4N3O3S. The molecule has 2 atom stereocenters. The van der Waals surface area contributed by atoms with Crippen LogP contribution in [0.2, 0.25) is 20.1 Å². The van der Waals surface area contributed by atoms with E-state index in [0.717, 1.165) is 58.7 Å². The van der Waals surface area contributed by atoms with Crippen molar-refractivity contribution in [2.24, 2.45) is 0 Å². The average Bonchev–Trinajstić information content (AvgIpc) is 3.57. The largest absolute Gasteiger partial charge is 0.488 e. The SMILES string of the molecule is O=C(C1=C(c2cnc(COCCOc3c(Cl)cccc3Cl)s2)C[C@@H]2CCC1N2)N(Cc1cccc(Cl)c1Cl)C1CC1. The van der Waals surface area contributed by atoms with Gasteiger partial charge in [-0.1, -0.05) is 64.6 Å². The summed E-state index contributed by atoms with van der Waals surface area (Å²) in [5.74, 6) is 0.538. The zero-order valence-corrected chi connectivity index (χ0v) is 26.0. The molecule has 1 amide bonds. The second-order valence-corrected chi connectivity index (χ2v) is 13.3. The summed E-state index contributed by atoms with van der Waals surface area (Å²) in [4.78, 5) is 21.9. The van der Waals surface area contributed by atoms with Gasteiger partial charge in [0.1, 0.15) is 11.6 Å². The summed E-state index contributed by atoms with van der Waals surface area (Å²) >= 11 is 26.7. The van der Waals surface area contributed by atoms with E-state index in [4.69, 9.17) is 55.9 Å². The fraction of sp³-hybridized carbons (Fsp3) is 0.400. The zero-order chi connectivity index (χ0) is 28.5. The Bertz CT molecular complexity index is 1450. The summed E-state index contributed by atoms with van der Waals surface area (Å²) in [6.45, 7) is 1.47. The molecule has 1 aromatic heterocycles. The number of carbonyl (C=O) groups excluding carboxylic acids is 1. The van der Waals surface area contributed by atoms with Crippen molar-refractivity contribution in [2.75, 3.05) is 13.2 Å². The number of amides is 1. The molecule has 1 aliphatic carbocycles. The number of nitrogens with zero attached hydrogens (tertiary/aromatic N) is 2. The third-order valence-electron chi connectivity index (χ3n) is 7.69. The third kappa shape index (κ3) is 6.57. The van der Waals surface area contributed by atoms with Crippen LogP contribution < -0.4 is 10.1 Å². The highest BCUT2D eigenvalue weighted by molar-refractivity contribution is 7.12. The second-order valence-electron chi connectivity index (χ2n) is 10.5. The minimum atomic E-state index is 0.0444. The lowest BCUT2D eigenvalue weighted by Crippen LogP contribution is -2.44. The number of para-hydroxylation sites is 1. The number of hydrogen-bond donors (Lipinski definition) is 1. The van der Waals surface area contributed by atoms with E-state index >= 15 is 0 Å². The molecule has 6 nitrogen and oxygen atoms in total. The molecule has 11 heteroatoms. The van der Waals surface area contributed by atoms with E-state index in [0.29, 0.717) is 58.2 Å². The number of benzene rings is 2. The lowest BCUT2D eigenvalue weighted by Gasteiger charge is -2.31. The van der Waals surface area contributed by atoms with Crippen LogP contribution in [0.5, 0.6) is 5.75 Å². The first-order valence-corrected chi connectivity index (χ1v) is 16.0. The minimum Gasteiger partial charge on any atom is -0.488 e. The van der Waals surface area contributed by atoms with Crippen LogP contribution >= 0.6 is 57.7 Å². The highest BCUT2D eigenvalue weighted by Crippen LogP contribution is 2.42. The molecule has 216 valence electrons. The molecule has 0 radical (unpaired) electrons. The van der Waals surface area contributed by atoms with Crippen LogP contribution in [0.25, 0.3) is 5.57 Å². The standard InChI is InChI=1S/C30H29Cl4N3O3S/c31-21-4-1-3-17(28(21)34)15-37(19-8-9-19)30(38)27-20(13-18-7-10-24(27)36-18)25-14-35-26(41-25)16-39-11-12-40-29-22(32)5-2-6-23(29)33/h1-6,14,18-19,24,36H,7-13,15-16H2/t18-,24?/m0/s1. The summed E-state index contributed by atoms with van der Waals surface area (Å²) in [5, 5.41) is 6.47. The van der Waals surface area contributed by atoms with Gasteiger partial charge >= 0.3 is 0 Å². The van der Waals surface area contributed by atoms with Crippen molar-refractivity contribution >= 4 is 69.2 Å². The third-order valence-corrected chi connectivity index (χ3v) is 10.2. The number of hydrogen-bond acceptors (Lipinski definition) is 6. The molecule has 2 aromatic carbocycles. The smallest absolute Gasteiger partial charge is 0.252 e. The Morgan fingerprint density at radius 3 is 2.54 bits per heavy atom. The molecule has 3 aromatic rings. The Kier molecular flexibility index (Phi) is 9.13. The molecule has 2 fully saturated rings. The zero-order valence-electron chi connectivity index (χ0n) is 22.2. The van der Waals surface area contributed by atoms with Gasteiger partial charge < -0.3 is 19.7 Å². The number of aromatic nitrogens is 1. The second kappa shape index (κ2) is 12.8. The van der Waals surface area contributed by atoms with Crippen LogP contribution in [0.15, 0.2) is 48.2 Å². The lowest BCUT2D eigenvalue weighted by molar-refractivity contribution is -0.128. The molecule has 1 N–H and O–H groups in total. The first kappa shape index (κ1) is 29.2. The molecule has 1 saturated carbocycles. The maximum atomic E-state index is 14.2. The van der Waals surface area contributed by atoms with Crippen LogP contribution in [-0.4, -0.2) is 47.1 Å². The Balaban J connectivity index is 1.16. The van der Waals surface area contributed by atoms with Gasteiger partial charge in [0.15, 0.2) is 5.75 Å². The quantitative estimate of drug-likeness (QED) is 0.214. The van der Waals surface area contributed by atoms with Crippen molar-refractivity contribution in [1.82, 2.24) is 15.2 Å². The van der Waals surface area contributed by atoms with Crippen LogP contribution in [0, 0.1) is 0 Å². The van der Waals surface area contributed by atoms with E-state index in [2.05, 4.69) is 10.3 Å². The van der Waals surface area contributed by atoms with Crippen LogP contribution in [0.4, 0.5) is 0 Å². The fourth-order valence-corrected chi connectivity index (χ4v) is 7.36. The summed E-state index contributed by atoms with van der Waals surface area (Å²) < 4.78 is 11.5. The van der Waals surface area contributed by atoms with Gasteiger partial charge in [0.25, 0.3) is 5.91 Å². The number of fused-ring (bicyclic) bond motifs is 2. The van der Waals surface area contributed by atoms with Crippen molar-refractivity contribution in [3.63, 3.8) is 0 Å². The van der Waals surface area contributed by atoms with E-state index in [1.807, 2.05) is 23.2 Å². The van der Waals surface area contributed by atoms with E-state index < -0.39 is 0 Å². The molecule has 3 heterocycles. The number of halogens is 4. The average molecular weight is 653 g/mol. The predicted molar refractivity (Wildman–Crippen MR) is 165 cm³/mol. The first-order chi connectivity index (χ1) is 19.9. The monoisotopic (exact) mass is 651 g/mol. The van der Waals surface area contributed by atoms with E-state index in [1.54, 1.807) is 35.6 Å². The molecule has 2 bridgehead atoms. The Morgan fingerprint density at radius 1 is 1.00 bits per heavy atom. The van der Waals surface area contributed by atoms with Crippen LogP contribution in [-0.2, 0) is 22.7 Å². The summed E-state index contributed by atoms with van der Waals surface area (Å²) in [6.07, 6.45) is 6.70. The summed E-state index contributed by atoms with van der Waals surface area (Å²) in [5.41, 5.74) is 2.84. The normalized spacial score (nSPS) is 20.0. The van der Waals surface area contributed by atoms with Crippen LogP contribution in [0.1, 0.15) is 47.6 Å². The van der Waals surface area contributed by atoms with Crippen molar-refractivity contribution in [2.45, 2.75) is 63.4 Å². The molecule has 6 rings (SSSR count). The number of thiazole rings is 1. The fourth-order valence-electron chi connectivity index (χ4n) is 5.55. The van der Waals surface area contributed by atoms with E-state index in [1.165, 1.54) is 0 Å². The summed E-state index contributed by atoms with van der Waals surface area (Å²) in [7, 11) is 0. The maximum Gasteiger partial charge on any atom is 0.252 e. The van der Waals surface area contributed by atoms with Crippen LogP contribution in [0.3, 0.4) is 0 Å². The van der Waals surface area contributed by atoms with Gasteiger partial charge in [-0.05, 0) is 61.4 Å². The number of carbonyl (C=O) groups is 1. The molecule has 0 spiro atoms. The maximum absolute atomic E-state index is 14.2. The van der Waals surface area contributed by atoms with Gasteiger partial charge in [0.05, 0.1) is 38.2 Å². The van der Waals surface area contributed by atoms with Gasteiger partial charge in [-0.2, -0.15) is 0 Å². The molecule has 1 unspecified atom stereocenters. The Labute approximate surface area is 263 Å². The van der Waals surface area contributed by atoms with E-state index in [9.17, 15) is 4.79 Å². The molecule has 41 heavy (non-hydrogen) atoms. The predicted octanol–water partition coefficient (Wildman–Crippen LogP) is 7.82. The van der Waals surface area contributed by atoms with Gasteiger partial charge in [0, 0.05) is 36.4 Å². The highest BCUT2D eigenvalue weighted by atomic mass is 35.5. The molecule has 3 aliphatic rings. The van der Waals surface area contributed by atoms with Gasteiger partial charge in [-0.25, -0.2) is 4.98 Å². The topological polar surface area (TPSA) is 63.7 Å². The van der Waals surface area contributed by atoms with Crippen molar-refractivity contribution in [3.05, 3.63) is 83.7 Å². The molecule has 2 aliphatic heterocycles. The summed E-state index contributed by atoms with van der Waals surface area (Å²) in [6, 6.07) is 11.5. The minimum absolute atomic E-state index is 0.0444. The van der Waals surface area contributed by atoms with Gasteiger partial charge in [0.2, 0.25) is 0 Å². The van der Waals surface area contributed by atoms with Crippen molar-refractivity contribution in [3.8, 4) is 5.75 Å². The highest BCUT2D eigenvalue weighted by Gasteiger charge is 2.42. The van der Waals surface area contributed by atoms with E-state index in [-0.39, 0.29) is 18.0 Å². The Hall–Kier alpha value is -1.84. The number of nitrogens with one attached hydrogen (secondary N) is 1. The van der Waals surface area contributed by atoms with Crippen molar-refractivity contribution < 1.29 is 14.3 Å². The lowest BCUT2D eigenvalue weighted by atomic mass is 9.93. The molecular weight excluding hydrogens is 624 g/mol. The molecule has 1 saturated heterocycles. The van der Waals surface area contributed by atoms with Crippen molar-refractivity contribution in [1.29, 1.82) is 0 Å². The van der Waals surface area contributed by atoms with Gasteiger partial charge in [-0.15, -0.1) is 11.3 Å².